The predicted octanol–water partition coefficient (Wildman–Crippen LogP) is 6.66. The van der Waals surface area contributed by atoms with Crippen LogP contribution in [0, 0.1) is 22.2 Å². The summed E-state index contributed by atoms with van der Waals surface area (Å²) in [6.07, 6.45) is 29.9. The molecule has 0 aromatic rings. The highest BCUT2D eigenvalue weighted by Crippen LogP contribution is 2.57. The quantitative estimate of drug-likeness (QED) is 0.167. The van der Waals surface area contributed by atoms with E-state index in [0.717, 1.165) is 38.5 Å². The van der Waals surface area contributed by atoms with Gasteiger partial charge in [0.15, 0.2) is 0 Å². The first-order valence-electron chi connectivity index (χ1n) is 18.8. The van der Waals surface area contributed by atoms with Crippen LogP contribution in [0.5, 0.6) is 0 Å². The van der Waals surface area contributed by atoms with Crippen LogP contribution in [-0.2, 0) is 0 Å². The van der Waals surface area contributed by atoms with E-state index < -0.39 is 61.8 Å². The van der Waals surface area contributed by atoms with Crippen LogP contribution in [0.2, 0.25) is 0 Å². The predicted molar refractivity (Wildman–Crippen MR) is 180 cm³/mol. The third-order valence-corrected chi connectivity index (χ3v) is 11.6. The van der Waals surface area contributed by atoms with Gasteiger partial charge in [-0.3, -0.25) is 0 Å². The van der Waals surface area contributed by atoms with E-state index in [1.54, 1.807) is 0 Å². The molecule has 0 heterocycles. The van der Waals surface area contributed by atoms with E-state index >= 15 is 0 Å². The molecular weight excluding hydrogens is 556 g/mol. The molecule has 0 aromatic heterocycles. The fourth-order valence-corrected chi connectivity index (χ4v) is 8.27. The molecule has 0 aromatic carbocycles. The largest absolute Gasteiger partial charge is 0.396 e. The molecule has 44 heavy (non-hydrogen) atoms. The van der Waals surface area contributed by atoms with Crippen molar-refractivity contribution in [1.29, 1.82) is 0 Å². The average molecular weight is 631 g/mol. The van der Waals surface area contributed by atoms with Gasteiger partial charge in [-0.1, -0.05) is 154 Å². The van der Waals surface area contributed by atoms with Gasteiger partial charge in [0.25, 0.3) is 0 Å². The van der Waals surface area contributed by atoms with Crippen LogP contribution in [0.3, 0.4) is 0 Å². The van der Waals surface area contributed by atoms with Crippen molar-refractivity contribution in [1.82, 2.24) is 0 Å². The summed E-state index contributed by atoms with van der Waals surface area (Å²) in [7, 11) is 0. The standard InChI is InChI=1S/C37H74O7/c38-27-34-25-23-21-19-17-15-13-11-9-7-5-3-1-2-4-6-8-10-12-14-16-18-20-22-24-26-35(28-39,29-40)37(32-43,33-44)36(34,30-41)31-42/h34,38-44H,1-33H2. The topological polar surface area (TPSA) is 142 Å². The lowest BCUT2D eigenvalue weighted by molar-refractivity contribution is -0.234. The second kappa shape index (κ2) is 25.8. The van der Waals surface area contributed by atoms with Gasteiger partial charge in [-0.2, -0.15) is 0 Å². The highest BCUT2D eigenvalue weighted by Gasteiger charge is 2.63. The zero-order chi connectivity index (χ0) is 32.4. The molecule has 1 unspecified atom stereocenters. The van der Waals surface area contributed by atoms with Crippen LogP contribution in [0.25, 0.3) is 0 Å². The average Bonchev–Trinajstić information content (AvgIpc) is 3.05. The first-order valence-corrected chi connectivity index (χ1v) is 18.8. The van der Waals surface area contributed by atoms with Crippen molar-refractivity contribution in [2.24, 2.45) is 22.2 Å². The minimum Gasteiger partial charge on any atom is -0.396 e. The Bertz CT molecular complexity index is 631. The summed E-state index contributed by atoms with van der Waals surface area (Å²) in [6, 6.07) is 0. The van der Waals surface area contributed by atoms with Gasteiger partial charge < -0.3 is 35.7 Å². The number of hydrogen-bond acceptors (Lipinski definition) is 7. The third-order valence-electron chi connectivity index (χ3n) is 11.6. The summed E-state index contributed by atoms with van der Waals surface area (Å²) in [5, 5.41) is 75.3. The third kappa shape index (κ3) is 12.7. The van der Waals surface area contributed by atoms with Crippen molar-refractivity contribution < 1.29 is 35.7 Å². The highest BCUT2D eigenvalue weighted by molar-refractivity contribution is 5.10. The molecule has 0 aliphatic heterocycles. The van der Waals surface area contributed by atoms with Crippen LogP contribution in [-0.4, -0.2) is 82.0 Å². The Morgan fingerprint density at radius 1 is 0.341 bits per heavy atom. The van der Waals surface area contributed by atoms with Crippen molar-refractivity contribution in [3.8, 4) is 0 Å². The summed E-state index contributed by atoms with van der Waals surface area (Å²) in [4.78, 5) is 0. The van der Waals surface area contributed by atoms with Crippen molar-refractivity contribution in [3.05, 3.63) is 0 Å². The Morgan fingerprint density at radius 2 is 0.636 bits per heavy atom. The van der Waals surface area contributed by atoms with E-state index in [9.17, 15) is 35.7 Å². The lowest BCUT2D eigenvalue weighted by Crippen LogP contribution is -2.66. The molecule has 1 rings (SSSR count). The van der Waals surface area contributed by atoms with Gasteiger partial charge >= 0.3 is 0 Å². The van der Waals surface area contributed by atoms with Crippen molar-refractivity contribution in [3.63, 3.8) is 0 Å². The normalized spacial score (nSPS) is 25.6. The number of hydrogen-bond donors (Lipinski definition) is 7. The minimum atomic E-state index is -1.58. The Morgan fingerprint density at radius 3 is 0.886 bits per heavy atom. The van der Waals surface area contributed by atoms with Gasteiger partial charge in [0.05, 0.1) is 39.6 Å². The van der Waals surface area contributed by atoms with Crippen molar-refractivity contribution in [2.45, 2.75) is 167 Å². The smallest absolute Gasteiger partial charge is 0.0523 e. The summed E-state index contributed by atoms with van der Waals surface area (Å²) < 4.78 is 0. The van der Waals surface area contributed by atoms with Gasteiger partial charge in [-0.05, 0) is 18.8 Å². The van der Waals surface area contributed by atoms with Gasteiger partial charge in [0.2, 0.25) is 0 Å². The van der Waals surface area contributed by atoms with Crippen molar-refractivity contribution in [2.75, 3.05) is 46.2 Å². The lowest BCUT2D eigenvalue weighted by Gasteiger charge is -2.59. The van der Waals surface area contributed by atoms with E-state index in [1.165, 1.54) is 109 Å². The van der Waals surface area contributed by atoms with Crippen LogP contribution in [0.1, 0.15) is 167 Å². The molecule has 0 spiro atoms. The van der Waals surface area contributed by atoms with E-state index in [-0.39, 0.29) is 6.61 Å². The van der Waals surface area contributed by atoms with E-state index in [2.05, 4.69) is 0 Å². The SMILES string of the molecule is OCC1CCCCCCCCCCCCCCCCCCCCCCCCCCC(CO)(CO)C(CO)(CO)C1(CO)CO. The second-order valence-electron chi connectivity index (χ2n) is 14.4. The summed E-state index contributed by atoms with van der Waals surface area (Å²) >= 11 is 0. The fraction of sp³-hybridized carbons (Fsp3) is 1.00. The number of rotatable bonds is 7. The summed E-state index contributed by atoms with van der Waals surface area (Å²) in [5.74, 6) is -0.602. The van der Waals surface area contributed by atoms with Gasteiger partial charge in [-0.25, -0.2) is 0 Å². The zero-order valence-corrected chi connectivity index (χ0v) is 28.5. The molecule has 1 saturated carbocycles. The Hall–Kier alpha value is -0.280. The monoisotopic (exact) mass is 631 g/mol. The van der Waals surface area contributed by atoms with Crippen LogP contribution in [0.15, 0.2) is 0 Å². The van der Waals surface area contributed by atoms with Gasteiger partial charge in [0.1, 0.15) is 0 Å². The molecule has 0 bridgehead atoms. The second-order valence-corrected chi connectivity index (χ2v) is 14.4. The Labute approximate surface area is 270 Å². The maximum Gasteiger partial charge on any atom is 0.0523 e. The molecule has 7 nitrogen and oxygen atoms in total. The Balaban J connectivity index is 2.96. The molecule has 0 saturated heterocycles. The Kier molecular flexibility index (Phi) is 24.4. The molecule has 7 heteroatoms. The summed E-state index contributed by atoms with van der Waals surface area (Å²) in [5.41, 5.74) is -4.38. The van der Waals surface area contributed by atoms with E-state index in [4.69, 9.17) is 0 Å². The molecule has 0 amide bonds. The van der Waals surface area contributed by atoms with Gasteiger partial charge in [0, 0.05) is 22.9 Å². The molecule has 1 atom stereocenters. The first kappa shape index (κ1) is 41.7. The van der Waals surface area contributed by atoms with E-state index in [1.807, 2.05) is 0 Å². The van der Waals surface area contributed by atoms with Crippen LogP contribution < -0.4 is 0 Å². The maximum absolute atomic E-state index is 10.9. The first-order chi connectivity index (χ1) is 21.5. The summed E-state index contributed by atoms with van der Waals surface area (Å²) in [6.45, 7) is -3.70. The van der Waals surface area contributed by atoms with Crippen LogP contribution in [0.4, 0.5) is 0 Å². The number of aliphatic hydroxyl groups is 7. The lowest BCUT2D eigenvalue weighted by atomic mass is 9.46. The molecule has 1 aliphatic rings. The van der Waals surface area contributed by atoms with Crippen LogP contribution >= 0.6 is 0 Å². The zero-order valence-electron chi connectivity index (χ0n) is 28.5. The highest BCUT2D eigenvalue weighted by atomic mass is 16.3. The molecule has 1 aliphatic carbocycles. The molecule has 0 radical (unpaired) electrons. The maximum atomic E-state index is 10.9. The fourth-order valence-electron chi connectivity index (χ4n) is 8.27. The van der Waals surface area contributed by atoms with Gasteiger partial charge in [-0.15, -0.1) is 0 Å². The van der Waals surface area contributed by atoms with Crippen molar-refractivity contribution >= 4 is 0 Å². The number of aliphatic hydroxyl groups excluding tert-OH is 7. The molecular formula is C37H74O7. The van der Waals surface area contributed by atoms with E-state index in [0.29, 0.717) is 19.3 Å². The minimum absolute atomic E-state index is 0.324. The molecule has 7 N–H and O–H groups in total. The molecule has 264 valence electrons. The molecule has 1 fully saturated rings.